The second-order valence-corrected chi connectivity index (χ2v) is 7.49. The molecule has 3 heterocycles. The molecule has 3 aromatic rings. The first-order valence-electron chi connectivity index (χ1n) is 9.98. The number of ketones is 1. The van der Waals surface area contributed by atoms with E-state index >= 15 is 0 Å². The van der Waals surface area contributed by atoms with Gasteiger partial charge >= 0.3 is 6.09 Å². The molecule has 1 saturated heterocycles. The SMILES string of the molecule is O=C(c1cn2c3c(cccc13)OCC2)[C@@H]1CCCN1C(=O)OCc1ccccc1. The average Bonchev–Trinajstić information content (AvgIpc) is 3.39. The highest BCUT2D eigenvalue weighted by Gasteiger charge is 2.37. The number of ether oxygens (including phenoxy) is 2. The molecule has 0 spiro atoms. The van der Waals surface area contributed by atoms with Gasteiger partial charge in [0.2, 0.25) is 0 Å². The third-order valence-corrected chi connectivity index (χ3v) is 5.71. The zero-order valence-corrected chi connectivity index (χ0v) is 16.0. The number of Topliss-reactive ketones (excluding diaryl/α,β-unsaturated/α-hetero) is 1. The molecule has 1 fully saturated rings. The Hall–Kier alpha value is -3.28. The van der Waals surface area contributed by atoms with Crippen LogP contribution in [0.15, 0.2) is 54.7 Å². The highest BCUT2D eigenvalue weighted by Crippen LogP contribution is 2.34. The van der Waals surface area contributed by atoms with E-state index in [0.717, 1.165) is 28.6 Å². The predicted octanol–water partition coefficient (Wildman–Crippen LogP) is 4.02. The van der Waals surface area contributed by atoms with Gasteiger partial charge in [-0.1, -0.05) is 42.5 Å². The van der Waals surface area contributed by atoms with E-state index < -0.39 is 12.1 Å². The van der Waals surface area contributed by atoms with Crippen molar-refractivity contribution in [2.24, 2.45) is 0 Å². The summed E-state index contributed by atoms with van der Waals surface area (Å²) in [5, 5.41) is 0.886. The van der Waals surface area contributed by atoms with Gasteiger partial charge in [-0.3, -0.25) is 9.69 Å². The molecule has 1 atom stereocenters. The quantitative estimate of drug-likeness (QED) is 0.632. The largest absolute Gasteiger partial charge is 0.490 e. The van der Waals surface area contributed by atoms with Gasteiger partial charge in [0, 0.05) is 23.7 Å². The number of benzene rings is 2. The number of amides is 1. The van der Waals surface area contributed by atoms with Crippen LogP contribution in [0.1, 0.15) is 28.8 Å². The number of aromatic nitrogens is 1. The molecule has 0 bridgehead atoms. The number of hydrogen-bond donors (Lipinski definition) is 0. The molecule has 2 aliphatic heterocycles. The van der Waals surface area contributed by atoms with E-state index in [9.17, 15) is 9.59 Å². The van der Waals surface area contributed by atoms with Crippen molar-refractivity contribution in [3.05, 3.63) is 65.9 Å². The van der Waals surface area contributed by atoms with E-state index in [0.29, 0.717) is 31.7 Å². The molecular weight excluding hydrogens is 368 g/mol. The summed E-state index contributed by atoms with van der Waals surface area (Å²) in [5.41, 5.74) is 2.54. The zero-order chi connectivity index (χ0) is 19.8. The maximum atomic E-state index is 13.4. The van der Waals surface area contributed by atoms with Crippen LogP contribution in [0.2, 0.25) is 0 Å². The van der Waals surface area contributed by atoms with Crippen molar-refractivity contribution in [1.82, 2.24) is 9.47 Å². The molecule has 0 radical (unpaired) electrons. The molecule has 2 aliphatic rings. The van der Waals surface area contributed by atoms with Crippen molar-refractivity contribution < 1.29 is 19.1 Å². The molecular formula is C23H22N2O4. The molecule has 148 valence electrons. The zero-order valence-electron chi connectivity index (χ0n) is 16.0. The van der Waals surface area contributed by atoms with E-state index in [1.807, 2.05) is 54.7 Å². The summed E-state index contributed by atoms with van der Waals surface area (Å²) in [4.78, 5) is 27.7. The van der Waals surface area contributed by atoms with Crippen molar-refractivity contribution in [3.8, 4) is 5.75 Å². The summed E-state index contributed by atoms with van der Waals surface area (Å²) in [5.74, 6) is 0.778. The van der Waals surface area contributed by atoms with Gasteiger partial charge in [-0.15, -0.1) is 0 Å². The molecule has 6 nitrogen and oxygen atoms in total. The van der Waals surface area contributed by atoms with Gasteiger partial charge in [-0.25, -0.2) is 4.79 Å². The number of carbonyl (C=O) groups is 2. The number of para-hydroxylation sites is 1. The Morgan fingerprint density at radius 1 is 1.07 bits per heavy atom. The van der Waals surface area contributed by atoms with Crippen molar-refractivity contribution in [2.45, 2.75) is 32.0 Å². The summed E-state index contributed by atoms with van der Waals surface area (Å²) in [6.45, 7) is 2.05. The van der Waals surface area contributed by atoms with Crippen molar-refractivity contribution in [3.63, 3.8) is 0 Å². The van der Waals surface area contributed by atoms with Gasteiger partial charge in [0.25, 0.3) is 0 Å². The Kier molecular flexibility index (Phi) is 4.46. The fourth-order valence-corrected chi connectivity index (χ4v) is 4.31. The number of rotatable bonds is 4. The van der Waals surface area contributed by atoms with Gasteiger partial charge < -0.3 is 14.0 Å². The summed E-state index contributed by atoms with van der Waals surface area (Å²) < 4.78 is 13.3. The minimum Gasteiger partial charge on any atom is -0.490 e. The van der Waals surface area contributed by atoms with Gasteiger partial charge in [0.1, 0.15) is 19.0 Å². The van der Waals surface area contributed by atoms with Crippen LogP contribution in [0.5, 0.6) is 5.75 Å². The summed E-state index contributed by atoms with van der Waals surface area (Å²) in [6, 6.07) is 14.9. The highest BCUT2D eigenvalue weighted by atomic mass is 16.6. The van der Waals surface area contributed by atoms with E-state index in [-0.39, 0.29) is 12.4 Å². The van der Waals surface area contributed by atoms with E-state index in [2.05, 4.69) is 4.57 Å². The second-order valence-electron chi connectivity index (χ2n) is 7.49. The topological polar surface area (TPSA) is 60.8 Å². The lowest BCUT2D eigenvalue weighted by Crippen LogP contribution is -2.40. The second kappa shape index (κ2) is 7.28. The van der Waals surface area contributed by atoms with Gasteiger partial charge in [0.05, 0.1) is 18.1 Å². The molecule has 1 aromatic heterocycles. The van der Waals surface area contributed by atoms with Crippen molar-refractivity contribution >= 4 is 22.8 Å². The van der Waals surface area contributed by atoms with E-state index in [1.54, 1.807) is 4.90 Å². The number of nitrogens with zero attached hydrogens (tertiary/aromatic N) is 2. The van der Waals surface area contributed by atoms with Crippen LogP contribution in [-0.4, -0.2) is 40.5 Å². The summed E-state index contributed by atoms with van der Waals surface area (Å²) in [6.07, 6.45) is 2.93. The molecule has 0 N–H and O–H groups in total. The van der Waals surface area contributed by atoms with E-state index in [1.165, 1.54) is 0 Å². The molecule has 6 heteroatoms. The molecule has 0 aliphatic carbocycles. The Bertz CT molecular complexity index is 1070. The van der Waals surface area contributed by atoms with Crippen LogP contribution >= 0.6 is 0 Å². The van der Waals surface area contributed by atoms with Crippen LogP contribution in [0.4, 0.5) is 4.79 Å². The highest BCUT2D eigenvalue weighted by molar-refractivity contribution is 6.12. The van der Waals surface area contributed by atoms with Gasteiger partial charge in [-0.05, 0) is 24.5 Å². The first kappa shape index (κ1) is 17.8. The van der Waals surface area contributed by atoms with Crippen LogP contribution in [0, 0.1) is 0 Å². The molecule has 2 aromatic carbocycles. The maximum absolute atomic E-state index is 13.4. The Morgan fingerprint density at radius 2 is 1.93 bits per heavy atom. The normalized spacial score (nSPS) is 17.9. The molecule has 5 rings (SSSR count). The fraction of sp³-hybridized carbons (Fsp3) is 0.304. The molecule has 0 unspecified atom stereocenters. The standard InChI is InChI=1S/C23H22N2O4/c26-22(18-14-24-12-13-28-20-10-4-8-17(18)21(20)24)19-9-5-11-25(19)23(27)29-15-16-6-2-1-3-7-16/h1-4,6-8,10,14,19H,5,9,11-13,15H2/t19-/m0/s1. The lowest BCUT2D eigenvalue weighted by atomic mass is 10.0. The van der Waals surface area contributed by atoms with Crippen LogP contribution < -0.4 is 4.74 Å². The lowest BCUT2D eigenvalue weighted by Gasteiger charge is -2.23. The van der Waals surface area contributed by atoms with Gasteiger partial charge in [-0.2, -0.15) is 0 Å². The van der Waals surface area contributed by atoms with Crippen LogP contribution in [0.3, 0.4) is 0 Å². The third kappa shape index (κ3) is 3.14. The Balaban J connectivity index is 1.38. The van der Waals surface area contributed by atoms with Crippen molar-refractivity contribution in [2.75, 3.05) is 13.2 Å². The first-order valence-corrected chi connectivity index (χ1v) is 9.98. The number of likely N-dealkylation sites (tertiary alicyclic amines) is 1. The smallest absolute Gasteiger partial charge is 0.410 e. The Labute approximate surface area is 168 Å². The molecule has 1 amide bonds. The van der Waals surface area contributed by atoms with Crippen LogP contribution in [0.25, 0.3) is 10.9 Å². The Morgan fingerprint density at radius 3 is 2.79 bits per heavy atom. The summed E-state index contributed by atoms with van der Waals surface area (Å²) in [7, 11) is 0. The van der Waals surface area contributed by atoms with Crippen molar-refractivity contribution in [1.29, 1.82) is 0 Å². The minimum absolute atomic E-state index is 0.0260. The van der Waals surface area contributed by atoms with E-state index in [4.69, 9.17) is 9.47 Å². The fourth-order valence-electron chi connectivity index (χ4n) is 4.31. The summed E-state index contributed by atoms with van der Waals surface area (Å²) >= 11 is 0. The number of carbonyl (C=O) groups excluding carboxylic acids is 2. The molecule has 29 heavy (non-hydrogen) atoms. The average molecular weight is 390 g/mol. The van der Waals surface area contributed by atoms with Gasteiger partial charge in [0.15, 0.2) is 5.78 Å². The first-order chi connectivity index (χ1) is 14.2. The predicted molar refractivity (Wildman–Crippen MR) is 108 cm³/mol. The molecule has 0 saturated carbocycles. The lowest BCUT2D eigenvalue weighted by molar-refractivity contribution is 0.0739. The maximum Gasteiger partial charge on any atom is 0.410 e. The van der Waals surface area contributed by atoms with Crippen LogP contribution in [-0.2, 0) is 17.9 Å². The number of hydrogen-bond acceptors (Lipinski definition) is 4. The third-order valence-electron chi connectivity index (χ3n) is 5.71. The monoisotopic (exact) mass is 390 g/mol. The minimum atomic E-state index is -0.484.